The second-order valence-electron chi connectivity index (χ2n) is 14.9. The minimum Gasteiger partial charge on any atom is -0.493 e. The van der Waals surface area contributed by atoms with E-state index in [-0.39, 0.29) is 17.4 Å². The number of halogens is 1. The second-order valence-corrected chi connectivity index (χ2v) is 15.3. The van der Waals surface area contributed by atoms with Gasteiger partial charge in [0.2, 0.25) is 0 Å². The third-order valence-corrected chi connectivity index (χ3v) is 9.62. The number of benzene rings is 1. The zero-order valence-electron chi connectivity index (χ0n) is 27.7. The fourth-order valence-corrected chi connectivity index (χ4v) is 7.29. The number of amides is 1. The van der Waals surface area contributed by atoms with Gasteiger partial charge in [-0.15, -0.1) is 0 Å². The number of nitrogens with zero attached hydrogens (tertiary/aromatic N) is 3. The van der Waals surface area contributed by atoms with E-state index >= 15 is 0 Å². The number of piperidine rings is 1. The molecule has 1 aromatic carbocycles. The van der Waals surface area contributed by atoms with E-state index < -0.39 is 17.5 Å². The van der Waals surface area contributed by atoms with Gasteiger partial charge in [0.05, 0.1) is 12.5 Å². The molecule has 0 radical (unpaired) electrons. The number of carbonyl (C=O) groups is 2. The van der Waals surface area contributed by atoms with E-state index in [2.05, 4.69) is 30.9 Å². The minimum absolute atomic E-state index is 0.0416. The molecular formula is C36H50ClN3O5. The fourth-order valence-electron chi connectivity index (χ4n) is 6.99. The summed E-state index contributed by atoms with van der Waals surface area (Å²) in [5, 5.41) is 10.8. The van der Waals surface area contributed by atoms with E-state index in [0.29, 0.717) is 23.7 Å². The fraction of sp³-hybridized carbons (Fsp3) is 0.639. The molecule has 1 N–H and O–H groups in total. The van der Waals surface area contributed by atoms with Crippen molar-refractivity contribution in [3.63, 3.8) is 0 Å². The molecule has 8 nitrogen and oxygen atoms in total. The molecule has 5 rings (SSSR count). The Morgan fingerprint density at radius 2 is 1.87 bits per heavy atom. The quantitative estimate of drug-likeness (QED) is 0.281. The van der Waals surface area contributed by atoms with Crippen LogP contribution < -0.4 is 9.64 Å². The van der Waals surface area contributed by atoms with E-state index in [4.69, 9.17) is 26.1 Å². The average molecular weight is 640 g/mol. The first-order chi connectivity index (χ1) is 21.3. The SMILES string of the molecule is CC1(C)COc2cc([C@H](C(=O)O)C3CCN(CCCCCc4ccc5c(n4)N(C(=O)OC(C)(C)C)CCC5)CC3)c(Cl)cc2C1. The molecule has 4 heterocycles. The van der Waals surface area contributed by atoms with Gasteiger partial charge in [-0.1, -0.05) is 37.9 Å². The van der Waals surface area contributed by atoms with Crippen LogP contribution in [0.5, 0.6) is 5.75 Å². The first-order valence-electron chi connectivity index (χ1n) is 16.7. The number of fused-ring (bicyclic) bond motifs is 2. The van der Waals surface area contributed by atoms with Crippen molar-refractivity contribution >= 4 is 29.5 Å². The van der Waals surface area contributed by atoms with Crippen molar-refractivity contribution in [2.45, 2.75) is 104 Å². The van der Waals surface area contributed by atoms with Gasteiger partial charge in [-0.2, -0.15) is 0 Å². The van der Waals surface area contributed by atoms with E-state index in [0.717, 1.165) is 106 Å². The van der Waals surface area contributed by atoms with Crippen LogP contribution in [0.15, 0.2) is 24.3 Å². The molecule has 1 atom stereocenters. The molecule has 9 heteroatoms. The molecule has 0 bridgehead atoms. The van der Waals surface area contributed by atoms with Crippen LogP contribution in [0.1, 0.15) is 101 Å². The lowest BCUT2D eigenvalue weighted by Crippen LogP contribution is -2.40. The van der Waals surface area contributed by atoms with Crippen LogP contribution in [0.25, 0.3) is 0 Å². The summed E-state index contributed by atoms with van der Waals surface area (Å²) in [7, 11) is 0. The largest absolute Gasteiger partial charge is 0.493 e. The Morgan fingerprint density at radius 1 is 1.11 bits per heavy atom. The van der Waals surface area contributed by atoms with E-state index in [9.17, 15) is 14.7 Å². The highest BCUT2D eigenvalue weighted by molar-refractivity contribution is 6.31. The molecule has 1 fully saturated rings. The summed E-state index contributed by atoms with van der Waals surface area (Å²) in [6.07, 6.45) is 8.16. The molecule has 0 saturated carbocycles. The Kier molecular flexibility index (Phi) is 10.3. The van der Waals surface area contributed by atoms with Crippen LogP contribution in [0.3, 0.4) is 0 Å². The highest BCUT2D eigenvalue weighted by Gasteiger charge is 2.36. The zero-order chi connectivity index (χ0) is 32.4. The molecule has 1 saturated heterocycles. The lowest BCUT2D eigenvalue weighted by molar-refractivity contribution is -0.140. The summed E-state index contributed by atoms with van der Waals surface area (Å²) < 4.78 is 11.7. The number of aliphatic carboxylic acids is 1. The van der Waals surface area contributed by atoms with Crippen LogP contribution in [0.4, 0.5) is 10.6 Å². The molecule has 1 amide bonds. The number of hydrogen-bond acceptors (Lipinski definition) is 6. The molecule has 0 unspecified atom stereocenters. The van der Waals surface area contributed by atoms with Crippen molar-refractivity contribution in [3.05, 3.63) is 51.7 Å². The van der Waals surface area contributed by atoms with E-state index in [1.165, 1.54) is 0 Å². The van der Waals surface area contributed by atoms with Gasteiger partial charge in [-0.25, -0.2) is 9.78 Å². The molecule has 2 aromatic rings. The maximum atomic E-state index is 12.8. The van der Waals surface area contributed by atoms with Gasteiger partial charge >= 0.3 is 12.1 Å². The molecule has 45 heavy (non-hydrogen) atoms. The number of hydrogen-bond donors (Lipinski definition) is 1. The standard InChI is InChI=1S/C36H50ClN3O5/c1-35(2,3)45-34(43)40-17-9-10-25-12-13-27(38-32(25)40)11-7-6-8-16-39-18-14-24(15-19-39)31(33(41)42)28-21-30-26(20-29(28)37)22-36(4,5)23-44-30/h12-13,20-21,24,31H,6-11,14-19,22-23H2,1-5H3,(H,41,42)/t31-/m1/s1. The predicted octanol–water partition coefficient (Wildman–Crippen LogP) is 7.68. The van der Waals surface area contributed by atoms with Crippen LogP contribution in [-0.2, 0) is 28.8 Å². The molecule has 3 aliphatic rings. The topological polar surface area (TPSA) is 92.2 Å². The maximum Gasteiger partial charge on any atom is 0.416 e. The van der Waals surface area contributed by atoms with Crippen molar-refractivity contribution in [1.29, 1.82) is 0 Å². The number of pyridine rings is 1. The number of unbranched alkanes of at least 4 members (excludes halogenated alkanes) is 2. The summed E-state index contributed by atoms with van der Waals surface area (Å²) in [4.78, 5) is 34.4. The summed E-state index contributed by atoms with van der Waals surface area (Å²) in [5.74, 6) is 0.145. The zero-order valence-corrected chi connectivity index (χ0v) is 28.4. The van der Waals surface area contributed by atoms with Crippen LogP contribution in [-0.4, -0.2) is 65.4 Å². The van der Waals surface area contributed by atoms with Crippen molar-refractivity contribution in [1.82, 2.24) is 9.88 Å². The number of aryl methyl sites for hydroxylation is 2. The Morgan fingerprint density at radius 3 is 2.58 bits per heavy atom. The van der Waals surface area contributed by atoms with Gasteiger partial charge in [0.25, 0.3) is 0 Å². The van der Waals surface area contributed by atoms with Crippen LogP contribution in [0.2, 0.25) is 5.02 Å². The number of ether oxygens (including phenoxy) is 2. The summed E-state index contributed by atoms with van der Waals surface area (Å²) in [5.41, 5.74) is 3.37. The first-order valence-corrected chi connectivity index (χ1v) is 17.1. The number of carboxylic acids is 1. The Balaban J connectivity index is 1.09. The number of aromatic nitrogens is 1. The van der Waals surface area contributed by atoms with Gasteiger partial charge < -0.3 is 19.5 Å². The third kappa shape index (κ3) is 8.50. The second kappa shape index (κ2) is 13.9. The molecule has 246 valence electrons. The number of anilines is 1. The monoisotopic (exact) mass is 639 g/mol. The van der Waals surface area contributed by atoms with Crippen LogP contribution >= 0.6 is 11.6 Å². The maximum absolute atomic E-state index is 12.8. The van der Waals surface area contributed by atoms with Gasteiger partial charge in [-0.05, 0) is 133 Å². The van der Waals surface area contributed by atoms with Crippen molar-refractivity contribution in [3.8, 4) is 5.75 Å². The molecular weight excluding hydrogens is 590 g/mol. The van der Waals surface area contributed by atoms with Gasteiger partial charge in [-0.3, -0.25) is 9.69 Å². The first kappa shape index (κ1) is 33.5. The van der Waals surface area contributed by atoms with Crippen molar-refractivity contribution < 1.29 is 24.2 Å². The predicted molar refractivity (Wildman–Crippen MR) is 178 cm³/mol. The van der Waals surface area contributed by atoms with Gasteiger partial charge in [0.1, 0.15) is 17.2 Å². The van der Waals surface area contributed by atoms with Crippen LogP contribution in [0, 0.1) is 11.3 Å². The number of carbonyl (C=O) groups excluding carboxylic acids is 1. The number of likely N-dealkylation sites (tertiary alicyclic amines) is 1. The Hall–Kier alpha value is -2.84. The Bertz CT molecular complexity index is 1380. The average Bonchev–Trinajstić information content (AvgIpc) is 2.96. The minimum atomic E-state index is -0.809. The van der Waals surface area contributed by atoms with E-state index in [1.54, 1.807) is 4.90 Å². The number of rotatable bonds is 9. The van der Waals surface area contributed by atoms with Gasteiger partial charge in [0.15, 0.2) is 0 Å². The van der Waals surface area contributed by atoms with E-state index in [1.807, 2.05) is 32.9 Å². The number of carboxylic acid groups (broad SMARTS) is 1. The van der Waals surface area contributed by atoms with Crippen molar-refractivity contribution in [2.75, 3.05) is 37.7 Å². The molecule has 0 aliphatic carbocycles. The summed E-state index contributed by atoms with van der Waals surface area (Å²) >= 11 is 6.71. The Labute approximate surface area is 273 Å². The third-order valence-electron chi connectivity index (χ3n) is 9.29. The highest BCUT2D eigenvalue weighted by Crippen LogP contribution is 2.42. The molecule has 3 aliphatic heterocycles. The highest BCUT2D eigenvalue weighted by atomic mass is 35.5. The normalized spacial score (nSPS) is 19.3. The van der Waals surface area contributed by atoms with Crippen molar-refractivity contribution in [2.24, 2.45) is 11.3 Å². The lowest BCUT2D eigenvalue weighted by Gasteiger charge is -2.36. The molecule has 1 aromatic heterocycles. The summed E-state index contributed by atoms with van der Waals surface area (Å²) in [6, 6.07) is 8.04. The summed E-state index contributed by atoms with van der Waals surface area (Å²) in [6.45, 7) is 14.1. The smallest absolute Gasteiger partial charge is 0.416 e. The lowest BCUT2D eigenvalue weighted by atomic mass is 9.78. The molecule has 0 spiro atoms. The van der Waals surface area contributed by atoms with Gasteiger partial charge in [0, 0.05) is 22.7 Å².